The molecular weight excluding hydrogens is 1170 g/mol. The fourth-order valence-electron chi connectivity index (χ4n) is 8.53. The number of esters is 1. The Labute approximate surface area is 510 Å². The van der Waals surface area contributed by atoms with E-state index in [2.05, 4.69) is 83.5 Å². The minimum absolute atomic E-state index is 0.0150. The highest BCUT2D eigenvalue weighted by Gasteiger charge is 2.32. The van der Waals surface area contributed by atoms with Gasteiger partial charge in [0.1, 0.15) is 36.4 Å². The molecule has 27 heteroatoms. The zero-order valence-electron chi connectivity index (χ0n) is 49.8. The third kappa shape index (κ3) is 23.0. The Bertz CT molecular complexity index is 3410. The lowest BCUT2D eigenvalue weighted by atomic mass is 9.92. The summed E-state index contributed by atoms with van der Waals surface area (Å²) in [4.78, 5) is 77.4. The lowest BCUT2D eigenvalue weighted by Gasteiger charge is -2.33. The maximum Gasteiger partial charge on any atom is 0.422 e. The Kier molecular flexibility index (Phi) is 23.0. The second kappa shape index (κ2) is 30.5. The summed E-state index contributed by atoms with van der Waals surface area (Å²) < 4.78 is 103. The number of anilines is 2. The largest absolute Gasteiger partial charge is 0.489 e. The molecule has 0 saturated carbocycles. The summed E-state index contributed by atoms with van der Waals surface area (Å²) in [6.45, 7) is 17.3. The molecule has 2 aromatic heterocycles. The van der Waals surface area contributed by atoms with Crippen LogP contribution in [0.4, 0.5) is 38.2 Å². The lowest BCUT2D eigenvalue weighted by molar-refractivity contribution is -0.160. The van der Waals surface area contributed by atoms with Crippen molar-refractivity contribution in [2.45, 2.75) is 72.9 Å². The number of hydrogen-bond acceptors (Lipinski definition) is 18. The van der Waals surface area contributed by atoms with E-state index in [0.717, 1.165) is 22.3 Å². The number of halogens is 6. The highest BCUT2D eigenvalue weighted by molar-refractivity contribution is 6.32. The first-order valence-electron chi connectivity index (χ1n) is 28.2. The highest BCUT2D eigenvalue weighted by Crippen LogP contribution is 2.24. The second-order valence-corrected chi connectivity index (χ2v) is 22.5. The van der Waals surface area contributed by atoms with E-state index < -0.39 is 54.9 Å². The molecule has 0 aliphatic carbocycles. The van der Waals surface area contributed by atoms with Gasteiger partial charge in [-0.1, -0.05) is 89.4 Å². The van der Waals surface area contributed by atoms with Crippen LogP contribution < -0.4 is 45.5 Å². The molecule has 0 unspecified atom stereocenters. The monoisotopic (exact) mass is 1240 g/mol. The van der Waals surface area contributed by atoms with Gasteiger partial charge in [-0.15, -0.1) is 0 Å². The summed E-state index contributed by atoms with van der Waals surface area (Å²) in [5, 5.41) is 15.2. The lowest BCUT2D eigenvalue weighted by Crippen LogP contribution is -2.47. The minimum atomic E-state index is -4.58. The van der Waals surface area contributed by atoms with Gasteiger partial charge in [-0.2, -0.15) is 56.2 Å². The zero-order chi connectivity index (χ0) is 64.4. The van der Waals surface area contributed by atoms with Crippen molar-refractivity contribution in [1.82, 2.24) is 50.8 Å². The fourth-order valence-corrected chi connectivity index (χ4v) is 8.53. The predicted octanol–water partition coefficient (Wildman–Crippen LogP) is 8.42. The van der Waals surface area contributed by atoms with Crippen LogP contribution in [0.2, 0.25) is 0 Å². The van der Waals surface area contributed by atoms with Crippen LogP contribution in [-0.4, -0.2) is 143 Å². The summed E-state index contributed by atoms with van der Waals surface area (Å²) >= 11 is 0. The van der Waals surface area contributed by atoms with Gasteiger partial charge in [0.15, 0.2) is 13.2 Å². The number of carbonyl (C=O) groups is 4. The van der Waals surface area contributed by atoms with Crippen LogP contribution in [0.5, 0.6) is 23.5 Å². The number of aromatic nitrogens is 6. The van der Waals surface area contributed by atoms with E-state index in [1.807, 2.05) is 38.1 Å². The first-order valence-corrected chi connectivity index (χ1v) is 28.2. The topological polar surface area (TPSA) is 255 Å². The molecule has 89 heavy (non-hydrogen) atoms. The van der Waals surface area contributed by atoms with Gasteiger partial charge in [-0.05, 0) is 99.7 Å². The fraction of sp³-hybridized carbons (Fsp3) is 0.387. The molecule has 0 atom stereocenters. The molecule has 21 nitrogen and oxygen atoms in total. The maximum atomic E-state index is 13.0. The van der Waals surface area contributed by atoms with Crippen molar-refractivity contribution >= 4 is 35.6 Å². The molecule has 0 saturated heterocycles. The number of nitrogens with zero attached hydrogens (tertiary/aromatic N) is 7. The molecule has 0 spiro atoms. The quantitative estimate of drug-likeness (QED) is 0.0470. The van der Waals surface area contributed by atoms with Gasteiger partial charge in [-0.25, -0.2) is 4.79 Å². The van der Waals surface area contributed by atoms with E-state index in [-0.39, 0.29) is 93.0 Å². The summed E-state index contributed by atoms with van der Waals surface area (Å²) in [5.41, 5.74) is 4.46. The van der Waals surface area contributed by atoms with Crippen LogP contribution >= 0.6 is 0 Å². The van der Waals surface area contributed by atoms with Crippen molar-refractivity contribution in [2.24, 2.45) is 10.8 Å². The van der Waals surface area contributed by atoms with Crippen molar-refractivity contribution in [3.05, 3.63) is 166 Å². The number of ether oxygens (including phenoxy) is 5. The highest BCUT2D eigenvalue weighted by atomic mass is 19.4. The van der Waals surface area contributed by atoms with E-state index in [4.69, 9.17) is 23.7 Å². The van der Waals surface area contributed by atoms with Gasteiger partial charge in [0.05, 0.1) is 6.61 Å². The van der Waals surface area contributed by atoms with Gasteiger partial charge < -0.3 is 55.2 Å². The van der Waals surface area contributed by atoms with Gasteiger partial charge in [-0.3, -0.25) is 14.4 Å². The van der Waals surface area contributed by atoms with Gasteiger partial charge in [0.25, 0.3) is 11.8 Å². The number of rotatable bonds is 5. The van der Waals surface area contributed by atoms with E-state index >= 15 is 0 Å². The maximum absolute atomic E-state index is 13.0. The molecule has 8 aliphatic heterocycles. The molecule has 8 aliphatic rings. The van der Waals surface area contributed by atoms with E-state index in [9.17, 15) is 45.5 Å². The van der Waals surface area contributed by atoms with Crippen LogP contribution in [0.25, 0.3) is 0 Å². The predicted molar refractivity (Wildman–Crippen MR) is 316 cm³/mol. The summed E-state index contributed by atoms with van der Waals surface area (Å²) in [6.07, 6.45) is -8.81. The van der Waals surface area contributed by atoms with Crippen molar-refractivity contribution in [3.63, 3.8) is 0 Å². The van der Waals surface area contributed by atoms with Crippen molar-refractivity contribution in [1.29, 1.82) is 0 Å². The number of benzene rings is 4. The molecule has 14 rings (SSSR count). The van der Waals surface area contributed by atoms with E-state index in [1.54, 1.807) is 79.7 Å². The molecule has 10 heterocycles. The van der Waals surface area contributed by atoms with Crippen LogP contribution in [0, 0.1) is 10.8 Å². The summed E-state index contributed by atoms with van der Waals surface area (Å²) in [7, 11) is 0. The number of alkyl halides is 6. The standard InChI is InChI=1S/C33H37F3N6O6.C29H33F3N6O3/c1-5-46-29(45)28(44)42-16-21(2)17-47-25-12-8-23(9-13-25)15-37-30-39-26(40-31(41-30)48-20-33(34,35)36)14-22-6-10-24(11-7-22)27(43)38-18-32(3,4)19-42;1-19-13-33-16-28(2,3)17-35-25(39)22-8-4-20(5-9-22)12-24-36-26(38-27(37-24)41-18-29(30,31)32)34-14-21-6-10-23(11-7-21)40-15-19/h6-13H,2,5,14-20H2,1,3-4H3,(H,38,43)(H,37,39,40,41);4-11,33H,1,12-18H2,2-3H3,(H,35,39)(H,34,36,37,38). The van der Waals surface area contributed by atoms with Gasteiger partial charge >= 0.3 is 36.3 Å². The van der Waals surface area contributed by atoms with E-state index in [0.29, 0.717) is 66.5 Å². The Morgan fingerprint density at radius 2 is 0.989 bits per heavy atom. The molecule has 4 aromatic carbocycles. The van der Waals surface area contributed by atoms with E-state index in [1.165, 1.54) is 4.90 Å². The van der Waals surface area contributed by atoms with Crippen LogP contribution in [-0.2, 0) is 40.3 Å². The first kappa shape index (κ1) is 67.1. The average molecular weight is 1240 g/mol. The smallest absolute Gasteiger partial charge is 0.422 e. The molecular formula is C62H70F6N12O9. The minimum Gasteiger partial charge on any atom is -0.489 e. The molecule has 12 bridgehead atoms. The van der Waals surface area contributed by atoms with Crippen LogP contribution in [0.3, 0.4) is 0 Å². The number of nitrogens with one attached hydrogen (secondary N) is 5. The number of hydrogen-bond donors (Lipinski definition) is 5. The SMILES string of the molecule is C=C1CNCC(C)(C)CNC(=O)c2ccc(cc2)Cc2nc(nc(OCC(F)(F)F)n2)NCc2ccc(cc2)OC1.C=C1COc2ccc(cc2)CNc2nc(nc(OCC(F)(F)F)n2)Cc2ccc(cc2)C(=O)NCC(C)(C)CN(C(=O)C(=O)OCC)C1. The summed E-state index contributed by atoms with van der Waals surface area (Å²) in [5.74, 6) is -0.752. The van der Waals surface area contributed by atoms with Crippen molar-refractivity contribution in [3.8, 4) is 23.5 Å². The third-order valence-electron chi connectivity index (χ3n) is 13.0. The normalized spacial score (nSPS) is 16.2. The van der Waals surface area contributed by atoms with Crippen LogP contribution in [0.1, 0.15) is 89.2 Å². The molecule has 0 fully saturated rings. The molecule has 3 amide bonds. The van der Waals surface area contributed by atoms with Crippen molar-refractivity contribution < 1.29 is 69.2 Å². The van der Waals surface area contributed by atoms with Crippen molar-refractivity contribution in [2.75, 3.05) is 82.9 Å². The molecule has 5 N–H and O–H groups in total. The Morgan fingerprint density at radius 3 is 1.43 bits per heavy atom. The third-order valence-corrected chi connectivity index (χ3v) is 13.0. The number of amides is 3. The second-order valence-electron chi connectivity index (χ2n) is 22.5. The molecule has 6 aromatic rings. The van der Waals surface area contributed by atoms with Crippen LogP contribution in [0.15, 0.2) is 121 Å². The number of carbonyl (C=O) groups excluding carboxylic acids is 4. The molecule has 474 valence electrons. The van der Waals surface area contributed by atoms with Gasteiger partial charge in [0, 0.05) is 76.3 Å². The van der Waals surface area contributed by atoms with Gasteiger partial charge in [0.2, 0.25) is 11.9 Å². The Morgan fingerprint density at radius 1 is 0.562 bits per heavy atom. The summed E-state index contributed by atoms with van der Waals surface area (Å²) in [6, 6.07) is 26.9. The molecule has 0 radical (unpaired) electrons. The average Bonchev–Trinajstić information content (AvgIpc) is 2.84. The zero-order valence-corrected chi connectivity index (χ0v) is 49.8. The Balaban J connectivity index is 0.000000257. The first-order chi connectivity index (χ1) is 42.1. The Hall–Kier alpha value is -9.40.